The second-order valence-electron chi connectivity index (χ2n) is 4.42. The van der Waals surface area contributed by atoms with Crippen molar-refractivity contribution in [2.75, 3.05) is 45.3 Å². The Balaban J connectivity index is 2.73. The number of halogens is 1. The second-order valence-corrected chi connectivity index (χ2v) is 5.28. The van der Waals surface area contributed by atoms with Crippen molar-refractivity contribution in [2.24, 2.45) is 0 Å². The first-order valence-electron chi connectivity index (χ1n) is 7.09. The van der Waals surface area contributed by atoms with Gasteiger partial charge in [0.25, 0.3) is 5.91 Å². The third-order valence-corrected chi connectivity index (χ3v) is 3.64. The molecule has 118 valence electrons. The Labute approximate surface area is 134 Å². The smallest absolute Gasteiger partial charge is 0.254 e. The fourth-order valence-electron chi connectivity index (χ4n) is 1.80. The summed E-state index contributed by atoms with van der Waals surface area (Å²) in [7, 11) is 0. The van der Waals surface area contributed by atoms with Crippen molar-refractivity contribution in [2.45, 2.75) is 13.8 Å². The lowest BCUT2D eigenvalue weighted by Crippen LogP contribution is -2.36. The van der Waals surface area contributed by atoms with E-state index in [9.17, 15) is 4.79 Å². The van der Waals surface area contributed by atoms with Gasteiger partial charge < -0.3 is 20.1 Å². The quantitative estimate of drug-likeness (QED) is 0.544. The van der Waals surface area contributed by atoms with Gasteiger partial charge in [-0.15, -0.1) is 0 Å². The number of hydrogen-bond donors (Lipinski definition) is 1. The Hall–Kier alpha value is -1.11. The van der Waals surface area contributed by atoms with Crippen LogP contribution in [0.3, 0.4) is 0 Å². The third kappa shape index (κ3) is 6.03. The zero-order chi connectivity index (χ0) is 15.7. The molecule has 0 aliphatic heterocycles. The van der Waals surface area contributed by atoms with Crippen LogP contribution in [0, 0.1) is 0 Å². The average molecular weight is 359 g/mol. The summed E-state index contributed by atoms with van der Waals surface area (Å²) in [5.74, 6) is -0.0462. The van der Waals surface area contributed by atoms with Crippen molar-refractivity contribution in [3.05, 3.63) is 28.2 Å². The van der Waals surface area contributed by atoms with E-state index in [1.165, 1.54) is 0 Å². The van der Waals surface area contributed by atoms with Crippen molar-refractivity contribution in [3.63, 3.8) is 0 Å². The van der Waals surface area contributed by atoms with Crippen molar-refractivity contribution >= 4 is 27.5 Å². The molecule has 0 fully saturated rings. The molecule has 0 aliphatic rings. The van der Waals surface area contributed by atoms with E-state index >= 15 is 0 Å². The van der Waals surface area contributed by atoms with Gasteiger partial charge in [0.05, 0.1) is 13.2 Å². The molecular weight excluding hydrogens is 336 g/mol. The zero-order valence-corrected chi connectivity index (χ0v) is 14.2. The second kappa shape index (κ2) is 9.76. The zero-order valence-electron chi connectivity index (χ0n) is 12.6. The van der Waals surface area contributed by atoms with Gasteiger partial charge in [-0.3, -0.25) is 4.79 Å². The number of ether oxygens (including phenoxy) is 2. The fraction of sp³-hybridized carbons (Fsp3) is 0.533. The predicted molar refractivity (Wildman–Crippen MR) is 87.4 cm³/mol. The molecule has 0 aromatic heterocycles. The number of rotatable bonds is 9. The first-order valence-corrected chi connectivity index (χ1v) is 7.89. The number of amides is 1. The van der Waals surface area contributed by atoms with Crippen LogP contribution < -0.4 is 5.73 Å². The number of hydrogen-bond acceptors (Lipinski definition) is 4. The van der Waals surface area contributed by atoms with Gasteiger partial charge >= 0.3 is 0 Å². The van der Waals surface area contributed by atoms with Crippen LogP contribution in [0.25, 0.3) is 0 Å². The van der Waals surface area contributed by atoms with Crippen molar-refractivity contribution in [1.29, 1.82) is 0 Å². The molecular formula is C15H23BrN2O3. The fourth-order valence-corrected chi connectivity index (χ4v) is 2.17. The van der Waals surface area contributed by atoms with Gasteiger partial charge in [-0.1, -0.05) is 0 Å². The van der Waals surface area contributed by atoms with Crippen LogP contribution in [0.15, 0.2) is 22.7 Å². The van der Waals surface area contributed by atoms with Gasteiger partial charge in [-0.2, -0.15) is 0 Å². The molecule has 21 heavy (non-hydrogen) atoms. The lowest BCUT2D eigenvalue weighted by atomic mass is 10.2. The molecule has 1 aromatic rings. The highest BCUT2D eigenvalue weighted by Gasteiger charge is 2.16. The van der Waals surface area contributed by atoms with Crippen LogP contribution >= 0.6 is 15.9 Å². The van der Waals surface area contributed by atoms with Gasteiger partial charge in [-0.05, 0) is 48.0 Å². The maximum atomic E-state index is 12.5. The van der Waals surface area contributed by atoms with Gasteiger partial charge in [0.2, 0.25) is 0 Å². The van der Waals surface area contributed by atoms with Gasteiger partial charge in [0.1, 0.15) is 0 Å². The van der Waals surface area contributed by atoms with E-state index in [1.807, 2.05) is 13.8 Å². The standard InChI is InChI=1S/C15H23BrN2O3/c1-3-20-9-7-18(8-10-21-4-2)15(19)12-5-6-14(17)13(16)11-12/h5-6,11H,3-4,7-10,17H2,1-2H3. The van der Waals surface area contributed by atoms with E-state index < -0.39 is 0 Å². The minimum atomic E-state index is -0.0462. The van der Waals surface area contributed by atoms with Gasteiger partial charge in [0, 0.05) is 42.0 Å². The van der Waals surface area contributed by atoms with Crippen LogP contribution in [0.4, 0.5) is 5.69 Å². The summed E-state index contributed by atoms with van der Waals surface area (Å²) < 4.78 is 11.4. The summed E-state index contributed by atoms with van der Waals surface area (Å²) in [6.45, 7) is 7.27. The number of anilines is 1. The summed E-state index contributed by atoms with van der Waals surface area (Å²) in [4.78, 5) is 14.3. The highest BCUT2D eigenvalue weighted by Crippen LogP contribution is 2.21. The van der Waals surface area contributed by atoms with Gasteiger partial charge in [0.15, 0.2) is 0 Å². The summed E-state index contributed by atoms with van der Waals surface area (Å²) in [6.07, 6.45) is 0. The molecule has 6 heteroatoms. The number of nitrogen functional groups attached to an aromatic ring is 1. The van der Waals surface area contributed by atoms with Crippen LogP contribution in [-0.4, -0.2) is 50.3 Å². The van der Waals surface area contributed by atoms with E-state index in [2.05, 4.69) is 15.9 Å². The number of benzene rings is 1. The predicted octanol–water partition coefficient (Wildman–Crippen LogP) is 2.55. The maximum absolute atomic E-state index is 12.5. The SMILES string of the molecule is CCOCCN(CCOCC)C(=O)c1ccc(N)c(Br)c1. The van der Waals surface area contributed by atoms with Crippen molar-refractivity contribution in [3.8, 4) is 0 Å². The Kier molecular flexibility index (Phi) is 8.34. The normalized spacial score (nSPS) is 10.6. The summed E-state index contributed by atoms with van der Waals surface area (Å²) in [6, 6.07) is 5.20. The van der Waals surface area contributed by atoms with E-state index in [4.69, 9.17) is 15.2 Å². The lowest BCUT2D eigenvalue weighted by Gasteiger charge is -2.23. The summed E-state index contributed by atoms with van der Waals surface area (Å²) >= 11 is 3.35. The summed E-state index contributed by atoms with van der Waals surface area (Å²) in [5.41, 5.74) is 6.96. The van der Waals surface area contributed by atoms with E-state index in [0.717, 1.165) is 4.47 Å². The maximum Gasteiger partial charge on any atom is 0.254 e. The molecule has 0 saturated heterocycles. The topological polar surface area (TPSA) is 64.8 Å². The van der Waals surface area contributed by atoms with Crippen LogP contribution in [0.5, 0.6) is 0 Å². The van der Waals surface area contributed by atoms with Crippen LogP contribution in [0.2, 0.25) is 0 Å². The number of carbonyl (C=O) groups is 1. The van der Waals surface area contributed by atoms with Crippen molar-refractivity contribution in [1.82, 2.24) is 4.90 Å². The minimum absolute atomic E-state index is 0.0462. The molecule has 0 atom stereocenters. The molecule has 0 heterocycles. The van der Waals surface area contributed by atoms with Crippen LogP contribution in [-0.2, 0) is 9.47 Å². The average Bonchev–Trinajstić information content (AvgIpc) is 2.48. The van der Waals surface area contributed by atoms with Crippen molar-refractivity contribution < 1.29 is 14.3 Å². The largest absolute Gasteiger partial charge is 0.398 e. The van der Waals surface area contributed by atoms with E-state index in [-0.39, 0.29) is 5.91 Å². The highest BCUT2D eigenvalue weighted by atomic mass is 79.9. The van der Waals surface area contributed by atoms with E-state index in [0.29, 0.717) is 50.8 Å². The Morgan fingerprint density at radius 3 is 2.24 bits per heavy atom. The number of carbonyl (C=O) groups excluding carboxylic acids is 1. The lowest BCUT2D eigenvalue weighted by molar-refractivity contribution is 0.0550. The first-order chi connectivity index (χ1) is 10.1. The molecule has 0 saturated carbocycles. The summed E-state index contributed by atoms with van der Waals surface area (Å²) in [5, 5.41) is 0. The Bertz CT molecular complexity index is 445. The molecule has 2 N–H and O–H groups in total. The molecule has 5 nitrogen and oxygen atoms in total. The van der Waals surface area contributed by atoms with Crippen LogP contribution in [0.1, 0.15) is 24.2 Å². The molecule has 1 amide bonds. The third-order valence-electron chi connectivity index (χ3n) is 2.95. The minimum Gasteiger partial charge on any atom is -0.398 e. The number of nitrogens with two attached hydrogens (primary N) is 1. The molecule has 0 radical (unpaired) electrons. The Morgan fingerprint density at radius 2 is 1.76 bits per heavy atom. The first kappa shape index (κ1) is 17.9. The molecule has 1 aromatic carbocycles. The molecule has 0 unspecified atom stereocenters. The number of nitrogens with zero attached hydrogens (tertiary/aromatic N) is 1. The highest BCUT2D eigenvalue weighted by molar-refractivity contribution is 9.10. The molecule has 0 spiro atoms. The Morgan fingerprint density at radius 1 is 1.19 bits per heavy atom. The molecule has 0 bridgehead atoms. The van der Waals surface area contributed by atoms with E-state index in [1.54, 1.807) is 23.1 Å². The molecule has 1 rings (SSSR count). The van der Waals surface area contributed by atoms with Gasteiger partial charge in [-0.25, -0.2) is 0 Å². The molecule has 0 aliphatic carbocycles. The monoisotopic (exact) mass is 358 g/mol.